The van der Waals surface area contributed by atoms with Crippen LogP contribution in [0.15, 0.2) is 0 Å². The van der Waals surface area contributed by atoms with E-state index >= 15 is 0 Å². The summed E-state index contributed by atoms with van der Waals surface area (Å²) in [5, 5.41) is 14.9. The lowest BCUT2D eigenvalue weighted by molar-refractivity contribution is -0.155. The van der Waals surface area contributed by atoms with E-state index in [1.807, 2.05) is 0 Å². The quantitative estimate of drug-likeness (QED) is 0.536. The summed E-state index contributed by atoms with van der Waals surface area (Å²) in [6, 6.07) is 0. The molecule has 0 aromatic heterocycles. The van der Waals surface area contributed by atoms with E-state index < -0.39 is 12.1 Å². The molecule has 2 N–H and O–H groups in total. The molecule has 0 fully saturated rings. The van der Waals surface area contributed by atoms with E-state index in [1.165, 1.54) is 6.92 Å². The maximum absolute atomic E-state index is 9.81. The number of ether oxygens (including phenoxy) is 1. The molecule has 64 valence electrons. The van der Waals surface area contributed by atoms with Gasteiger partial charge in [-0.15, -0.1) is 0 Å². The molecular weight excluding hydrogens is 156 g/mol. The van der Waals surface area contributed by atoms with Gasteiger partial charge in [0.1, 0.15) is 0 Å². The molecule has 0 radical (unpaired) electrons. The minimum Gasteiger partial charge on any atom is -0.483 e. The number of carbonyl (C=O) groups is 3. The first-order chi connectivity index (χ1) is 5.09. The molecule has 0 aliphatic carbocycles. The number of carboxylic acids is 1. The molecule has 0 saturated heterocycles. The summed E-state index contributed by atoms with van der Waals surface area (Å²) in [5.41, 5.74) is 0. The van der Waals surface area contributed by atoms with Crippen molar-refractivity contribution in [3.05, 3.63) is 0 Å². The van der Waals surface area contributed by atoms with Crippen molar-refractivity contribution < 1.29 is 29.3 Å². The normalized spacial score (nSPS) is 9.91. The standard InChI is InChI=1S/C4H6O4.CH2O2/c1-3(4(6)7)8-2-5;2-1-3/h2-3H,1H3,(H,6,7);1H,(H,2,3). The van der Waals surface area contributed by atoms with Crippen molar-refractivity contribution >= 4 is 18.9 Å². The third kappa shape index (κ3) is 11.8. The highest BCUT2D eigenvalue weighted by atomic mass is 16.5. The number of hydrogen-bond acceptors (Lipinski definition) is 4. The van der Waals surface area contributed by atoms with Crippen LogP contribution in [0.4, 0.5) is 0 Å². The van der Waals surface area contributed by atoms with Crippen molar-refractivity contribution in [2.45, 2.75) is 13.0 Å². The highest BCUT2D eigenvalue weighted by Crippen LogP contribution is 1.84. The first kappa shape index (κ1) is 12.1. The van der Waals surface area contributed by atoms with Crippen molar-refractivity contribution in [3.8, 4) is 0 Å². The zero-order valence-electron chi connectivity index (χ0n) is 5.76. The summed E-state index contributed by atoms with van der Waals surface area (Å²) in [5.74, 6) is -1.14. The van der Waals surface area contributed by atoms with Gasteiger partial charge >= 0.3 is 5.97 Å². The minimum absolute atomic E-state index is 0.110. The van der Waals surface area contributed by atoms with Crippen LogP contribution in [0.1, 0.15) is 6.92 Å². The van der Waals surface area contributed by atoms with Crippen molar-refractivity contribution in [1.29, 1.82) is 0 Å². The predicted octanol–water partition coefficient (Wildman–Crippen LogP) is -0.667. The Bertz CT molecular complexity index is 131. The lowest BCUT2D eigenvalue weighted by Crippen LogP contribution is -2.18. The molecule has 6 heteroatoms. The Balaban J connectivity index is 0. The summed E-state index contributed by atoms with van der Waals surface area (Å²) in [4.78, 5) is 27.6. The number of hydrogen-bond donors (Lipinski definition) is 2. The third-order valence-electron chi connectivity index (χ3n) is 0.607. The van der Waals surface area contributed by atoms with E-state index in [0.717, 1.165) is 0 Å². The Hall–Kier alpha value is -1.59. The van der Waals surface area contributed by atoms with E-state index in [-0.39, 0.29) is 12.9 Å². The SMILES string of the molecule is CC(OC=O)C(=O)O.O=CO. The molecule has 0 aromatic rings. The highest BCUT2D eigenvalue weighted by Gasteiger charge is 2.08. The van der Waals surface area contributed by atoms with E-state index in [0.29, 0.717) is 0 Å². The van der Waals surface area contributed by atoms with Crippen molar-refractivity contribution in [2.24, 2.45) is 0 Å². The Morgan fingerprint density at radius 3 is 2.00 bits per heavy atom. The van der Waals surface area contributed by atoms with E-state index in [9.17, 15) is 9.59 Å². The van der Waals surface area contributed by atoms with Gasteiger partial charge in [0.15, 0.2) is 6.10 Å². The number of rotatable bonds is 3. The largest absolute Gasteiger partial charge is 0.483 e. The summed E-state index contributed by atoms with van der Waals surface area (Å²) in [7, 11) is 0. The average Bonchev–Trinajstić information content (AvgIpc) is 1.90. The molecule has 1 atom stereocenters. The van der Waals surface area contributed by atoms with Crippen molar-refractivity contribution in [2.75, 3.05) is 0 Å². The van der Waals surface area contributed by atoms with Crippen molar-refractivity contribution in [1.82, 2.24) is 0 Å². The maximum Gasteiger partial charge on any atom is 0.344 e. The van der Waals surface area contributed by atoms with Gasteiger partial charge in [-0.3, -0.25) is 9.59 Å². The van der Waals surface area contributed by atoms with E-state index in [1.54, 1.807) is 0 Å². The van der Waals surface area contributed by atoms with Crippen LogP contribution in [0.2, 0.25) is 0 Å². The monoisotopic (exact) mass is 164 g/mol. The van der Waals surface area contributed by atoms with Gasteiger partial charge in [-0.2, -0.15) is 0 Å². The summed E-state index contributed by atoms with van der Waals surface area (Å²) in [6.07, 6.45) is -1.03. The molecule has 0 aliphatic heterocycles. The van der Waals surface area contributed by atoms with Crippen LogP contribution >= 0.6 is 0 Å². The third-order valence-corrected chi connectivity index (χ3v) is 0.607. The topological polar surface area (TPSA) is 101 Å². The molecule has 1 unspecified atom stereocenters. The van der Waals surface area contributed by atoms with Gasteiger partial charge in [-0.25, -0.2) is 4.79 Å². The van der Waals surface area contributed by atoms with Gasteiger partial charge in [0.25, 0.3) is 12.9 Å². The van der Waals surface area contributed by atoms with Crippen LogP contribution in [0, 0.1) is 0 Å². The summed E-state index contributed by atoms with van der Waals surface area (Å²) < 4.78 is 4.02. The Morgan fingerprint density at radius 1 is 1.55 bits per heavy atom. The van der Waals surface area contributed by atoms with Gasteiger partial charge in [0.2, 0.25) is 0 Å². The fraction of sp³-hybridized carbons (Fsp3) is 0.400. The first-order valence-corrected chi connectivity index (χ1v) is 2.49. The molecule has 0 amide bonds. The molecule has 0 heterocycles. The van der Waals surface area contributed by atoms with Crippen LogP contribution in [0.3, 0.4) is 0 Å². The second-order valence-electron chi connectivity index (χ2n) is 1.32. The van der Waals surface area contributed by atoms with E-state index in [2.05, 4.69) is 4.74 Å². The fourth-order valence-electron chi connectivity index (χ4n) is 0.142. The molecule has 0 saturated carbocycles. The smallest absolute Gasteiger partial charge is 0.344 e. The molecule has 0 bridgehead atoms. The van der Waals surface area contributed by atoms with Gasteiger partial charge in [0, 0.05) is 0 Å². The minimum atomic E-state index is -1.14. The van der Waals surface area contributed by atoms with Gasteiger partial charge in [-0.05, 0) is 6.92 Å². The zero-order chi connectivity index (χ0) is 9.28. The predicted molar refractivity (Wildman–Crippen MR) is 32.9 cm³/mol. The second-order valence-corrected chi connectivity index (χ2v) is 1.32. The average molecular weight is 164 g/mol. The van der Waals surface area contributed by atoms with Crippen LogP contribution < -0.4 is 0 Å². The second kappa shape index (κ2) is 8.41. The molecule has 0 spiro atoms. The number of carboxylic acid groups (broad SMARTS) is 2. The first-order valence-electron chi connectivity index (χ1n) is 2.49. The van der Waals surface area contributed by atoms with Gasteiger partial charge < -0.3 is 14.9 Å². The van der Waals surface area contributed by atoms with Crippen LogP contribution in [0.5, 0.6) is 0 Å². The molecule has 11 heavy (non-hydrogen) atoms. The van der Waals surface area contributed by atoms with Crippen LogP contribution in [0.25, 0.3) is 0 Å². The number of aliphatic carboxylic acids is 1. The van der Waals surface area contributed by atoms with E-state index in [4.69, 9.17) is 15.0 Å². The lowest BCUT2D eigenvalue weighted by Gasteiger charge is -1.99. The molecule has 0 aliphatic rings. The Kier molecular flexibility index (Phi) is 9.27. The van der Waals surface area contributed by atoms with Crippen LogP contribution in [-0.2, 0) is 19.1 Å². The maximum atomic E-state index is 9.81. The molecule has 0 rings (SSSR count). The molecular formula is C5H8O6. The molecule has 0 aromatic carbocycles. The Labute approximate surface area is 62.4 Å². The zero-order valence-corrected chi connectivity index (χ0v) is 5.76. The van der Waals surface area contributed by atoms with Gasteiger partial charge in [-0.1, -0.05) is 0 Å². The number of carbonyl (C=O) groups excluding carboxylic acids is 1. The van der Waals surface area contributed by atoms with Crippen molar-refractivity contribution in [3.63, 3.8) is 0 Å². The van der Waals surface area contributed by atoms with Gasteiger partial charge in [0.05, 0.1) is 0 Å². The van der Waals surface area contributed by atoms with Crippen LogP contribution in [-0.4, -0.2) is 35.2 Å². The fourth-order valence-corrected chi connectivity index (χ4v) is 0.142. The summed E-state index contributed by atoms with van der Waals surface area (Å²) in [6.45, 7) is 1.13. The highest BCUT2D eigenvalue weighted by molar-refractivity contribution is 5.72. The summed E-state index contributed by atoms with van der Waals surface area (Å²) >= 11 is 0. The Morgan fingerprint density at radius 2 is 1.91 bits per heavy atom. The molecule has 6 nitrogen and oxygen atoms in total. The lowest BCUT2D eigenvalue weighted by atomic mass is 10.4.